The van der Waals surface area contributed by atoms with Gasteiger partial charge in [-0.1, -0.05) is 11.8 Å². The van der Waals surface area contributed by atoms with Gasteiger partial charge >= 0.3 is 0 Å². The van der Waals surface area contributed by atoms with Crippen LogP contribution in [0.5, 0.6) is 5.75 Å². The number of fused-ring (bicyclic) bond motifs is 1. The molecule has 0 saturated heterocycles. The first-order chi connectivity index (χ1) is 12.9. The highest BCUT2D eigenvalue weighted by Crippen LogP contribution is 2.33. The average Bonchev–Trinajstić information content (AvgIpc) is 3.01. The number of nitrogens with one attached hydrogen (secondary N) is 2. The Kier molecular flexibility index (Phi) is 5.50. The Morgan fingerprint density at radius 2 is 2.15 bits per heavy atom. The lowest BCUT2D eigenvalue weighted by atomic mass is 10.2. The molecular weight excluding hydrogens is 368 g/mol. The standard InChI is InChI=1S/C18H20N4O4S/c1-10-8-19-18-22(17(10)25)13(9-27-18)7-16(24)21-14-6-12(20-11(2)23)4-5-15(14)26-3/h4-6,8,13H,7,9H2,1-3H3,(H,20,23)(H,21,24). The highest BCUT2D eigenvalue weighted by atomic mass is 32.2. The maximum Gasteiger partial charge on any atom is 0.257 e. The number of carbonyl (C=O) groups is 2. The van der Waals surface area contributed by atoms with Gasteiger partial charge in [-0.2, -0.15) is 0 Å². The minimum atomic E-state index is -0.255. The van der Waals surface area contributed by atoms with Crippen LogP contribution < -0.4 is 20.9 Å². The maximum atomic E-state index is 12.6. The molecule has 1 unspecified atom stereocenters. The van der Waals surface area contributed by atoms with Crippen LogP contribution in [0.1, 0.15) is 24.9 Å². The maximum absolute atomic E-state index is 12.6. The number of aromatic nitrogens is 2. The molecule has 0 aliphatic carbocycles. The van der Waals surface area contributed by atoms with Crippen molar-refractivity contribution in [1.29, 1.82) is 0 Å². The monoisotopic (exact) mass is 388 g/mol. The predicted molar refractivity (Wildman–Crippen MR) is 104 cm³/mol. The van der Waals surface area contributed by atoms with E-state index in [2.05, 4.69) is 15.6 Å². The lowest BCUT2D eigenvalue weighted by Gasteiger charge is -2.15. The van der Waals surface area contributed by atoms with Gasteiger partial charge in [0, 0.05) is 36.5 Å². The number of hydrogen-bond donors (Lipinski definition) is 2. The number of anilines is 2. The summed E-state index contributed by atoms with van der Waals surface area (Å²) in [6, 6.07) is 4.73. The molecule has 1 aromatic carbocycles. The van der Waals surface area contributed by atoms with E-state index in [9.17, 15) is 14.4 Å². The molecule has 0 fully saturated rings. The van der Waals surface area contributed by atoms with E-state index in [1.807, 2.05) is 0 Å². The molecule has 142 valence electrons. The van der Waals surface area contributed by atoms with Crippen LogP contribution >= 0.6 is 11.8 Å². The number of methoxy groups -OCH3 is 1. The molecule has 2 amide bonds. The Balaban J connectivity index is 1.77. The molecule has 1 aliphatic heterocycles. The first-order valence-corrected chi connectivity index (χ1v) is 9.34. The molecular formula is C18H20N4O4S. The zero-order chi connectivity index (χ0) is 19.6. The summed E-state index contributed by atoms with van der Waals surface area (Å²) < 4.78 is 6.86. The largest absolute Gasteiger partial charge is 0.495 e. The summed E-state index contributed by atoms with van der Waals surface area (Å²) in [6.07, 6.45) is 1.70. The van der Waals surface area contributed by atoms with Crippen molar-refractivity contribution in [3.05, 3.63) is 40.3 Å². The number of rotatable bonds is 5. The number of amides is 2. The van der Waals surface area contributed by atoms with Crippen LogP contribution in [0.4, 0.5) is 11.4 Å². The van der Waals surface area contributed by atoms with E-state index in [-0.39, 0.29) is 29.8 Å². The number of carbonyl (C=O) groups excluding carboxylic acids is 2. The Morgan fingerprint density at radius 3 is 2.85 bits per heavy atom. The summed E-state index contributed by atoms with van der Waals surface area (Å²) in [7, 11) is 1.50. The first kappa shape index (κ1) is 19.0. The van der Waals surface area contributed by atoms with Gasteiger partial charge in [-0.15, -0.1) is 0 Å². The van der Waals surface area contributed by atoms with Gasteiger partial charge in [0.2, 0.25) is 11.8 Å². The zero-order valence-electron chi connectivity index (χ0n) is 15.2. The number of nitrogens with zero attached hydrogens (tertiary/aromatic N) is 2. The molecule has 3 rings (SSSR count). The van der Waals surface area contributed by atoms with Crippen LogP contribution in [0.2, 0.25) is 0 Å². The van der Waals surface area contributed by atoms with Crippen molar-refractivity contribution in [2.24, 2.45) is 0 Å². The van der Waals surface area contributed by atoms with E-state index in [1.54, 1.807) is 35.9 Å². The smallest absolute Gasteiger partial charge is 0.257 e. The fraction of sp³-hybridized carbons (Fsp3) is 0.333. The van der Waals surface area contributed by atoms with Crippen molar-refractivity contribution < 1.29 is 14.3 Å². The number of hydrogen-bond acceptors (Lipinski definition) is 6. The summed E-state index contributed by atoms with van der Waals surface area (Å²) in [4.78, 5) is 40.5. The van der Waals surface area contributed by atoms with E-state index >= 15 is 0 Å². The normalized spacial score (nSPS) is 15.1. The minimum Gasteiger partial charge on any atom is -0.495 e. The summed E-state index contributed by atoms with van der Waals surface area (Å²) in [5, 5.41) is 6.11. The molecule has 1 atom stereocenters. The van der Waals surface area contributed by atoms with Gasteiger partial charge < -0.3 is 15.4 Å². The molecule has 1 aliphatic rings. The van der Waals surface area contributed by atoms with E-state index in [1.165, 1.54) is 25.8 Å². The fourth-order valence-electron chi connectivity index (χ4n) is 2.87. The summed E-state index contributed by atoms with van der Waals surface area (Å²) in [5.41, 5.74) is 1.44. The Hall–Kier alpha value is -2.81. The molecule has 2 heterocycles. The second-order valence-corrected chi connectivity index (χ2v) is 7.20. The highest BCUT2D eigenvalue weighted by Gasteiger charge is 2.28. The molecule has 0 spiro atoms. The quantitative estimate of drug-likeness (QED) is 0.762. The summed E-state index contributed by atoms with van der Waals surface area (Å²) >= 11 is 1.46. The third-order valence-corrected chi connectivity index (χ3v) is 5.23. The van der Waals surface area contributed by atoms with Crippen LogP contribution in [0.3, 0.4) is 0 Å². The van der Waals surface area contributed by atoms with Crippen molar-refractivity contribution >= 4 is 35.0 Å². The number of benzene rings is 1. The molecule has 0 radical (unpaired) electrons. The average molecular weight is 388 g/mol. The minimum absolute atomic E-state index is 0.118. The van der Waals surface area contributed by atoms with Crippen molar-refractivity contribution in [2.45, 2.75) is 31.5 Å². The predicted octanol–water partition coefficient (Wildman–Crippen LogP) is 2.19. The van der Waals surface area contributed by atoms with Crippen LogP contribution in [-0.2, 0) is 9.59 Å². The van der Waals surface area contributed by atoms with Gasteiger partial charge in [0.1, 0.15) is 5.75 Å². The van der Waals surface area contributed by atoms with Crippen LogP contribution in [0.15, 0.2) is 34.3 Å². The second-order valence-electron chi connectivity index (χ2n) is 6.21. The topological polar surface area (TPSA) is 102 Å². The van der Waals surface area contributed by atoms with Gasteiger partial charge in [-0.05, 0) is 25.1 Å². The SMILES string of the molecule is COc1ccc(NC(C)=O)cc1NC(=O)CC1CSc2ncc(C)c(=O)n21. The van der Waals surface area contributed by atoms with Crippen molar-refractivity contribution in [3.8, 4) is 5.75 Å². The number of ether oxygens (including phenoxy) is 1. The third-order valence-electron chi connectivity index (χ3n) is 4.12. The number of thioether (sulfide) groups is 1. The van der Waals surface area contributed by atoms with Gasteiger partial charge in [0.25, 0.3) is 5.56 Å². The van der Waals surface area contributed by atoms with Crippen molar-refractivity contribution in [3.63, 3.8) is 0 Å². The Labute approximate surface area is 160 Å². The molecule has 0 saturated carbocycles. The molecule has 1 aromatic heterocycles. The Bertz CT molecular complexity index is 957. The fourth-order valence-corrected chi connectivity index (χ4v) is 3.98. The lowest BCUT2D eigenvalue weighted by molar-refractivity contribution is -0.117. The third kappa shape index (κ3) is 4.13. The van der Waals surface area contributed by atoms with E-state index < -0.39 is 0 Å². The summed E-state index contributed by atoms with van der Waals surface area (Å²) in [6.45, 7) is 3.12. The van der Waals surface area contributed by atoms with Crippen LogP contribution in [0, 0.1) is 6.92 Å². The van der Waals surface area contributed by atoms with E-state index in [0.717, 1.165) is 0 Å². The van der Waals surface area contributed by atoms with E-state index in [4.69, 9.17) is 4.74 Å². The molecule has 0 bridgehead atoms. The van der Waals surface area contributed by atoms with Crippen molar-refractivity contribution in [1.82, 2.24) is 9.55 Å². The van der Waals surface area contributed by atoms with Crippen molar-refractivity contribution in [2.75, 3.05) is 23.5 Å². The molecule has 2 N–H and O–H groups in total. The van der Waals surface area contributed by atoms with Gasteiger partial charge in [0.05, 0.1) is 18.8 Å². The lowest BCUT2D eigenvalue weighted by Crippen LogP contribution is -2.28. The van der Waals surface area contributed by atoms with Gasteiger partial charge in [-0.25, -0.2) is 4.98 Å². The number of aryl methyl sites for hydroxylation is 1. The van der Waals surface area contributed by atoms with Crippen LogP contribution in [-0.4, -0.2) is 34.2 Å². The van der Waals surface area contributed by atoms with E-state index in [0.29, 0.717) is 33.6 Å². The highest BCUT2D eigenvalue weighted by molar-refractivity contribution is 7.99. The van der Waals surface area contributed by atoms with Crippen LogP contribution in [0.25, 0.3) is 0 Å². The molecule has 2 aromatic rings. The first-order valence-electron chi connectivity index (χ1n) is 8.35. The summed E-state index contributed by atoms with van der Waals surface area (Å²) in [5.74, 6) is 0.634. The van der Waals surface area contributed by atoms with Gasteiger partial charge in [-0.3, -0.25) is 19.0 Å². The zero-order valence-corrected chi connectivity index (χ0v) is 16.1. The molecule has 27 heavy (non-hydrogen) atoms. The Morgan fingerprint density at radius 1 is 1.37 bits per heavy atom. The van der Waals surface area contributed by atoms with Gasteiger partial charge in [0.15, 0.2) is 5.16 Å². The molecule has 9 heteroatoms. The molecule has 8 nitrogen and oxygen atoms in total. The second kappa shape index (κ2) is 7.83.